The maximum atomic E-state index is 13.7. The first kappa shape index (κ1) is 21.3. The Labute approximate surface area is 180 Å². The summed E-state index contributed by atoms with van der Waals surface area (Å²) >= 11 is 6.00. The van der Waals surface area contributed by atoms with E-state index in [4.69, 9.17) is 16.3 Å². The molecule has 1 aromatic heterocycles. The Kier molecular flexibility index (Phi) is 6.41. The largest absolute Gasteiger partial charge is 0.479 e. The SMILES string of the molecule is Cn1nc(C2CCC(N3CC(C(=O)O)OCC3Cc3ccc(Cl)cc3)CC2)cc1F. The normalized spacial score (nSPS) is 27.8. The van der Waals surface area contributed by atoms with Gasteiger partial charge in [0.25, 0.3) is 0 Å². The number of rotatable bonds is 5. The van der Waals surface area contributed by atoms with Crippen LogP contribution in [0.2, 0.25) is 5.02 Å². The van der Waals surface area contributed by atoms with Crippen LogP contribution in [-0.4, -0.2) is 57.1 Å². The molecule has 2 unspecified atom stereocenters. The molecule has 6 nitrogen and oxygen atoms in total. The van der Waals surface area contributed by atoms with Crippen LogP contribution in [0.5, 0.6) is 0 Å². The second-order valence-electron chi connectivity index (χ2n) is 8.36. The monoisotopic (exact) mass is 435 g/mol. The molecule has 2 aromatic rings. The third-order valence-electron chi connectivity index (χ3n) is 6.42. The molecule has 8 heteroatoms. The van der Waals surface area contributed by atoms with Crippen LogP contribution in [0.4, 0.5) is 4.39 Å². The Morgan fingerprint density at radius 2 is 1.97 bits per heavy atom. The number of halogens is 2. The van der Waals surface area contributed by atoms with E-state index in [1.54, 1.807) is 7.05 Å². The molecule has 0 amide bonds. The number of aromatic nitrogens is 2. The van der Waals surface area contributed by atoms with Crippen molar-refractivity contribution in [3.05, 3.63) is 52.6 Å². The van der Waals surface area contributed by atoms with Gasteiger partial charge in [-0.1, -0.05) is 23.7 Å². The molecule has 162 valence electrons. The fourth-order valence-corrected chi connectivity index (χ4v) is 4.88. The zero-order chi connectivity index (χ0) is 21.3. The molecule has 2 aliphatic rings. The van der Waals surface area contributed by atoms with Crippen molar-refractivity contribution in [3.63, 3.8) is 0 Å². The molecule has 1 aliphatic carbocycles. The Balaban J connectivity index is 1.45. The van der Waals surface area contributed by atoms with Gasteiger partial charge in [0.15, 0.2) is 6.10 Å². The van der Waals surface area contributed by atoms with E-state index < -0.39 is 12.1 Å². The summed E-state index contributed by atoms with van der Waals surface area (Å²) in [5, 5.41) is 14.5. The number of ether oxygens (including phenoxy) is 1. The molecular weight excluding hydrogens is 409 g/mol. The average molecular weight is 436 g/mol. The summed E-state index contributed by atoms with van der Waals surface area (Å²) in [6, 6.07) is 9.72. The van der Waals surface area contributed by atoms with Crippen molar-refractivity contribution in [3.8, 4) is 0 Å². The van der Waals surface area contributed by atoms with Gasteiger partial charge >= 0.3 is 5.97 Å². The summed E-state index contributed by atoms with van der Waals surface area (Å²) in [7, 11) is 1.62. The highest BCUT2D eigenvalue weighted by Crippen LogP contribution is 2.36. The number of aryl methyl sites for hydroxylation is 1. The van der Waals surface area contributed by atoms with E-state index in [-0.39, 0.29) is 23.9 Å². The van der Waals surface area contributed by atoms with E-state index in [1.165, 1.54) is 10.7 Å². The highest BCUT2D eigenvalue weighted by atomic mass is 35.5. The lowest BCUT2D eigenvalue weighted by Gasteiger charge is -2.45. The molecule has 2 heterocycles. The average Bonchev–Trinajstić information content (AvgIpc) is 3.08. The lowest BCUT2D eigenvalue weighted by Crippen LogP contribution is -2.57. The molecular formula is C22H27ClFN3O3. The number of nitrogens with zero attached hydrogens (tertiary/aromatic N) is 3. The van der Waals surface area contributed by atoms with Crippen molar-refractivity contribution in [1.29, 1.82) is 0 Å². The minimum Gasteiger partial charge on any atom is -0.479 e. The Hall–Kier alpha value is -1.96. The van der Waals surface area contributed by atoms with E-state index in [2.05, 4.69) is 10.00 Å². The number of hydrogen-bond acceptors (Lipinski definition) is 4. The van der Waals surface area contributed by atoms with Gasteiger partial charge in [0.1, 0.15) is 0 Å². The van der Waals surface area contributed by atoms with Gasteiger partial charge in [-0.2, -0.15) is 9.49 Å². The molecule has 1 aromatic carbocycles. The van der Waals surface area contributed by atoms with Gasteiger partial charge in [-0.3, -0.25) is 4.90 Å². The number of benzene rings is 1. The number of aliphatic carboxylic acids is 1. The summed E-state index contributed by atoms with van der Waals surface area (Å²) < 4.78 is 20.6. The predicted molar refractivity (Wildman–Crippen MR) is 111 cm³/mol. The van der Waals surface area contributed by atoms with Gasteiger partial charge in [0.2, 0.25) is 5.95 Å². The Morgan fingerprint density at radius 1 is 1.27 bits per heavy atom. The number of carboxylic acid groups (broad SMARTS) is 1. The first-order chi connectivity index (χ1) is 14.4. The topological polar surface area (TPSA) is 67.6 Å². The highest BCUT2D eigenvalue weighted by molar-refractivity contribution is 6.30. The second kappa shape index (κ2) is 9.04. The second-order valence-corrected chi connectivity index (χ2v) is 8.80. The van der Waals surface area contributed by atoms with Crippen LogP contribution < -0.4 is 0 Å². The summed E-state index contributed by atoms with van der Waals surface area (Å²) in [4.78, 5) is 13.9. The Morgan fingerprint density at radius 3 is 2.57 bits per heavy atom. The van der Waals surface area contributed by atoms with Gasteiger partial charge in [-0.05, 0) is 49.8 Å². The van der Waals surface area contributed by atoms with Gasteiger partial charge in [0.05, 0.1) is 12.3 Å². The molecule has 30 heavy (non-hydrogen) atoms. The molecule has 0 spiro atoms. The number of carbonyl (C=O) groups is 1. The summed E-state index contributed by atoms with van der Waals surface area (Å²) in [6.07, 6.45) is 3.70. The van der Waals surface area contributed by atoms with Crippen molar-refractivity contribution in [2.24, 2.45) is 7.05 Å². The predicted octanol–water partition coefficient (Wildman–Crippen LogP) is 3.64. The van der Waals surface area contributed by atoms with Crippen molar-refractivity contribution in [2.45, 2.75) is 56.2 Å². The maximum absolute atomic E-state index is 13.7. The van der Waals surface area contributed by atoms with E-state index >= 15 is 0 Å². The van der Waals surface area contributed by atoms with Crippen molar-refractivity contribution in [1.82, 2.24) is 14.7 Å². The van der Waals surface area contributed by atoms with Crippen LogP contribution >= 0.6 is 11.6 Å². The van der Waals surface area contributed by atoms with Crippen molar-refractivity contribution >= 4 is 17.6 Å². The van der Waals surface area contributed by atoms with Crippen LogP contribution in [0.25, 0.3) is 0 Å². The zero-order valence-corrected chi connectivity index (χ0v) is 17.8. The molecule has 1 N–H and O–H groups in total. The minimum absolute atomic E-state index is 0.121. The van der Waals surface area contributed by atoms with Gasteiger partial charge < -0.3 is 9.84 Å². The van der Waals surface area contributed by atoms with Crippen LogP contribution in [0.1, 0.15) is 42.9 Å². The third kappa shape index (κ3) is 4.68. The van der Waals surface area contributed by atoms with Gasteiger partial charge in [0, 0.05) is 42.7 Å². The van der Waals surface area contributed by atoms with Crippen LogP contribution in [0.3, 0.4) is 0 Å². The maximum Gasteiger partial charge on any atom is 0.334 e. The van der Waals surface area contributed by atoms with Gasteiger partial charge in [-0.25, -0.2) is 9.48 Å². The molecule has 0 bridgehead atoms. The first-order valence-electron chi connectivity index (χ1n) is 10.4. The minimum atomic E-state index is -0.914. The quantitative estimate of drug-likeness (QED) is 0.776. The molecule has 2 atom stereocenters. The molecule has 0 radical (unpaired) electrons. The van der Waals surface area contributed by atoms with Crippen LogP contribution in [0.15, 0.2) is 30.3 Å². The van der Waals surface area contributed by atoms with E-state index in [9.17, 15) is 14.3 Å². The number of morpholine rings is 1. The van der Waals surface area contributed by atoms with Crippen LogP contribution in [-0.2, 0) is 23.0 Å². The molecule has 2 fully saturated rings. The number of carboxylic acids is 1. The fraction of sp³-hybridized carbons (Fsp3) is 0.545. The van der Waals surface area contributed by atoms with E-state index in [0.29, 0.717) is 18.2 Å². The molecule has 1 saturated carbocycles. The number of hydrogen-bond donors (Lipinski definition) is 1. The summed E-state index contributed by atoms with van der Waals surface area (Å²) in [5.41, 5.74) is 1.97. The fourth-order valence-electron chi connectivity index (χ4n) is 4.75. The molecule has 4 rings (SSSR count). The summed E-state index contributed by atoms with van der Waals surface area (Å²) in [5.74, 6) is -0.974. The molecule has 1 aliphatic heterocycles. The van der Waals surface area contributed by atoms with E-state index in [1.807, 2.05) is 24.3 Å². The van der Waals surface area contributed by atoms with Crippen LogP contribution in [0, 0.1) is 5.95 Å². The van der Waals surface area contributed by atoms with Crippen molar-refractivity contribution < 1.29 is 19.0 Å². The zero-order valence-electron chi connectivity index (χ0n) is 17.0. The first-order valence-corrected chi connectivity index (χ1v) is 10.8. The highest BCUT2D eigenvalue weighted by Gasteiger charge is 2.38. The van der Waals surface area contributed by atoms with Gasteiger partial charge in [-0.15, -0.1) is 0 Å². The standard InChI is InChI=1S/C22H27ClFN3O3/c1-26-21(24)11-19(25-26)15-4-8-17(9-5-15)27-12-20(22(28)29)30-13-18(27)10-14-2-6-16(23)7-3-14/h2-3,6-7,11,15,17-18,20H,4-5,8-10,12-13H2,1H3,(H,28,29). The molecule has 1 saturated heterocycles. The summed E-state index contributed by atoms with van der Waals surface area (Å²) in [6.45, 7) is 0.784. The Bertz CT molecular complexity index is 861. The van der Waals surface area contributed by atoms with Crippen molar-refractivity contribution in [2.75, 3.05) is 13.2 Å². The lowest BCUT2D eigenvalue weighted by atomic mass is 9.82. The lowest BCUT2D eigenvalue weighted by molar-refractivity contribution is -0.162. The third-order valence-corrected chi connectivity index (χ3v) is 6.67. The van der Waals surface area contributed by atoms with E-state index in [0.717, 1.165) is 43.4 Å². The smallest absolute Gasteiger partial charge is 0.334 e.